The van der Waals surface area contributed by atoms with Crippen LogP contribution in [0.15, 0.2) is 43.0 Å². The highest BCUT2D eigenvalue weighted by Gasteiger charge is 2.30. The third-order valence-electron chi connectivity index (χ3n) is 5.46. The van der Waals surface area contributed by atoms with Crippen LogP contribution in [0.25, 0.3) is 11.4 Å². The van der Waals surface area contributed by atoms with Gasteiger partial charge in [-0.2, -0.15) is 0 Å². The van der Waals surface area contributed by atoms with Gasteiger partial charge in [-0.15, -0.1) is 6.58 Å². The number of hydrogen-bond acceptors (Lipinski definition) is 4. The van der Waals surface area contributed by atoms with E-state index in [0.717, 1.165) is 62.4 Å². The zero-order chi connectivity index (χ0) is 18.6. The summed E-state index contributed by atoms with van der Waals surface area (Å²) in [5.41, 5.74) is 3.50. The molecule has 1 atom stereocenters. The van der Waals surface area contributed by atoms with Gasteiger partial charge in [-0.25, -0.2) is 9.97 Å². The lowest BCUT2D eigenvalue weighted by molar-refractivity contribution is -0.125. The number of benzene rings is 1. The highest BCUT2D eigenvalue weighted by Crippen LogP contribution is 2.33. The minimum absolute atomic E-state index is 0.00546. The summed E-state index contributed by atoms with van der Waals surface area (Å²) in [6.45, 7) is 5.87. The van der Waals surface area contributed by atoms with Crippen molar-refractivity contribution in [3.05, 3.63) is 54.2 Å². The molecule has 1 aliphatic heterocycles. The Labute approximate surface area is 160 Å². The van der Waals surface area contributed by atoms with Gasteiger partial charge in [0.2, 0.25) is 5.91 Å². The number of anilines is 1. The molecule has 5 heteroatoms. The largest absolute Gasteiger partial charge is 0.355 e. The zero-order valence-corrected chi connectivity index (χ0v) is 15.7. The van der Waals surface area contributed by atoms with Gasteiger partial charge >= 0.3 is 0 Å². The molecule has 4 rings (SSSR count). The highest BCUT2D eigenvalue weighted by atomic mass is 16.1. The van der Waals surface area contributed by atoms with E-state index < -0.39 is 0 Å². The van der Waals surface area contributed by atoms with Crippen LogP contribution in [0, 0.1) is 5.92 Å². The normalized spacial score (nSPS) is 18.8. The molecule has 140 valence electrons. The van der Waals surface area contributed by atoms with Crippen molar-refractivity contribution in [1.82, 2.24) is 15.3 Å². The van der Waals surface area contributed by atoms with E-state index in [9.17, 15) is 4.79 Å². The number of carbonyl (C=O) groups is 1. The summed E-state index contributed by atoms with van der Waals surface area (Å²) in [6.07, 6.45) is 6.84. The monoisotopic (exact) mass is 362 g/mol. The predicted molar refractivity (Wildman–Crippen MR) is 108 cm³/mol. The van der Waals surface area contributed by atoms with Gasteiger partial charge in [0.25, 0.3) is 0 Å². The van der Waals surface area contributed by atoms with Crippen LogP contribution in [0.3, 0.4) is 0 Å². The average Bonchev–Trinajstić information content (AvgIpc) is 3.20. The molecule has 2 heterocycles. The molecule has 1 N–H and O–H groups in total. The molecular formula is C22H26N4O. The standard InChI is InChI=1S/C22H26N4O/c1-2-13-23-22(27)17-10-7-14-26(15-17)21-18-11-6-12-19(18)24-20(25-21)16-8-4-3-5-9-16/h2-5,8-9,17H,1,6-7,10-15H2,(H,23,27). The summed E-state index contributed by atoms with van der Waals surface area (Å²) >= 11 is 0. The fourth-order valence-electron chi connectivity index (χ4n) is 4.09. The average molecular weight is 362 g/mol. The number of rotatable bonds is 5. The minimum Gasteiger partial charge on any atom is -0.355 e. The molecule has 1 saturated heterocycles. The second-order valence-electron chi connectivity index (χ2n) is 7.33. The Balaban J connectivity index is 1.63. The third kappa shape index (κ3) is 3.72. The summed E-state index contributed by atoms with van der Waals surface area (Å²) in [5.74, 6) is 1.96. The van der Waals surface area contributed by atoms with Crippen molar-refractivity contribution in [2.45, 2.75) is 32.1 Å². The van der Waals surface area contributed by atoms with Crippen molar-refractivity contribution >= 4 is 11.7 Å². The van der Waals surface area contributed by atoms with E-state index in [0.29, 0.717) is 6.54 Å². The Morgan fingerprint density at radius 2 is 2.07 bits per heavy atom. The molecule has 1 aliphatic carbocycles. The van der Waals surface area contributed by atoms with Crippen LogP contribution in [0.1, 0.15) is 30.5 Å². The molecule has 0 spiro atoms. The van der Waals surface area contributed by atoms with Crippen molar-refractivity contribution in [3.63, 3.8) is 0 Å². The van der Waals surface area contributed by atoms with Crippen LogP contribution in [0.4, 0.5) is 5.82 Å². The van der Waals surface area contributed by atoms with Crippen molar-refractivity contribution in [2.24, 2.45) is 5.92 Å². The van der Waals surface area contributed by atoms with E-state index in [1.54, 1.807) is 6.08 Å². The Kier molecular flexibility index (Phi) is 5.19. The van der Waals surface area contributed by atoms with Gasteiger partial charge < -0.3 is 10.2 Å². The van der Waals surface area contributed by atoms with E-state index >= 15 is 0 Å². The molecular weight excluding hydrogens is 336 g/mol. The fraction of sp³-hybridized carbons (Fsp3) is 0.409. The maximum Gasteiger partial charge on any atom is 0.225 e. The molecule has 0 radical (unpaired) electrons. The fourth-order valence-corrected chi connectivity index (χ4v) is 4.09. The van der Waals surface area contributed by atoms with Crippen LogP contribution in [-0.4, -0.2) is 35.5 Å². The number of nitrogens with zero attached hydrogens (tertiary/aromatic N) is 3. The first-order valence-electron chi connectivity index (χ1n) is 9.85. The molecule has 27 heavy (non-hydrogen) atoms. The molecule has 1 unspecified atom stereocenters. The van der Waals surface area contributed by atoms with Gasteiger partial charge in [0.1, 0.15) is 5.82 Å². The van der Waals surface area contributed by atoms with E-state index in [4.69, 9.17) is 9.97 Å². The van der Waals surface area contributed by atoms with E-state index in [-0.39, 0.29) is 11.8 Å². The van der Waals surface area contributed by atoms with Crippen molar-refractivity contribution in [2.75, 3.05) is 24.5 Å². The third-order valence-corrected chi connectivity index (χ3v) is 5.46. The van der Waals surface area contributed by atoms with Crippen LogP contribution in [0.5, 0.6) is 0 Å². The maximum atomic E-state index is 12.4. The quantitative estimate of drug-likeness (QED) is 0.830. The van der Waals surface area contributed by atoms with Crippen LogP contribution >= 0.6 is 0 Å². The molecule has 0 bridgehead atoms. The molecule has 1 aromatic heterocycles. The first-order valence-corrected chi connectivity index (χ1v) is 9.85. The smallest absolute Gasteiger partial charge is 0.225 e. The Hall–Kier alpha value is -2.69. The number of amides is 1. The highest BCUT2D eigenvalue weighted by molar-refractivity contribution is 5.79. The van der Waals surface area contributed by atoms with Gasteiger partial charge in [-0.3, -0.25) is 4.79 Å². The number of hydrogen-bond donors (Lipinski definition) is 1. The lowest BCUT2D eigenvalue weighted by Gasteiger charge is -2.34. The topological polar surface area (TPSA) is 58.1 Å². The molecule has 2 aliphatic rings. The summed E-state index contributed by atoms with van der Waals surface area (Å²) < 4.78 is 0. The Morgan fingerprint density at radius 3 is 2.89 bits per heavy atom. The molecule has 0 saturated carbocycles. The van der Waals surface area contributed by atoms with E-state index in [1.165, 1.54) is 11.3 Å². The van der Waals surface area contributed by atoms with Gasteiger partial charge in [0.15, 0.2) is 5.82 Å². The predicted octanol–water partition coefficient (Wildman–Crippen LogP) is 3.15. The van der Waals surface area contributed by atoms with Crippen molar-refractivity contribution in [3.8, 4) is 11.4 Å². The van der Waals surface area contributed by atoms with Gasteiger partial charge in [-0.05, 0) is 32.1 Å². The van der Waals surface area contributed by atoms with Crippen LogP contribution < -0.4 is 10.2 Å². The summed E-state index contributed by atoms with van der Waals surface area (Å²) in [6, 6.07) is 10.2. The molecule has 1 fully saturated rings. The minimum atomic E-state index is 0.00546. The number of carbonyl (C=O) groups excluding carboxylic acids is 1. The van der Waals surface area contributed by atoms with Crippen LogP contribution in [0.2, 0.25) is 0 Å². The Bertz CT molecular complexity index is 834. The summed E-state index contributed by atoms with van der Waals surface area (Å²) in [5, 5.41) is 2.95. The first kappa shape index (κ1) is 17.7. The zero-order valence-electron chi connectivity index (χ0n) is 15.7. The lowest BCUT2D eigenvalue weighted by Crippen LogP contribution is -2.43. The first-order chi connectivity index (χ1) is 13.3. The number of nitrogens with one attached hydrogen (secondary N) is 1. The Morgan fingerprint density at radius 1 is 1.22 bits per heavy atom. The van der Waals surface area contributed by atoms with E-state index in [1.807, 2.05) is 18.2 Å². The SMILES string of the molecule is C=CCNC(=O)C1CCCN(c2nc(-c3ccccc3)nc3c2CCC3)C1. The van der Waals surface area contributed by atoms with Gasteiger partial charge in [0.05, 0.1) is 5.92 Å². The lowest BCUT2D eigenvalue weighted by atomic mass is 9.96. The molecule has 1 aromatic carbocycles. The molecule has 2 aromatic rings. The number of fused-ring (bicyclic) bond motifs is 1. The summed E-state index contributed by atoms with van der Waals surface area (Å²) in [4.78, 5) is 24.5. The van der Waals surface area contributed by atoms with E-state index in [2.05, 4.69) is 28.9 Å². The molecule has 1 amide bonds. The van der Waals surface area contributed by atoms with Crippen LogP contribution in [-0.2, 0) is 17.6 Å². The molecule has 5 nitrogen and oxygen atoms in total. The number of aromatic nitrogens is 2. The summed E-state index contributed by atoms with van der Waals surface area (Å²) in [7, 11) is 0. The van der Waals surface area contributed by atoms with Gasteiger partial charge in [0, 0.05) is 36.5 Å². The number of piperidine rings is 1. The van der Waals surface area contributed by atoms with Crippen molar-refractivity contribution < 1.29 is 4.79 Å². The maximum absolute atomic E-state index is 12.4. The second kappa shape index (κ2) is 7.91. The van der Waals surface area contributed by atoms with Crippen molar-refractivity contribution in [1.29, 1.82) is 0 Å². The van der Waals surface area contributed by atoms with Gasteiger partial charge in [-0.1, -0.05) is 36.4 Å². The second-order valence-corrected chi connectivity index (χ2v) is 7.33. The number of aryl methyl sites for hydroxylation is 1.